The van der Waals surface area contributed by atoms with Crippen LogP contribution >= 0.6 is 0 Å². The van der Waals surface area contributed by atoms with Crippen molar-refractivity contribution in [2.24, 2.45) is 0 Å². The monoisotopic (exact) mass is 291 g/mol. The molecule has 1 fully saturated rings. The van der Waals surface area contributed by atoms with Crippen LogP contribution in [-0.4, -0.2) is 46.1 Å². The number of piperidine rings is 1. The molecule has 0 radical (unpaired) electrons. The Morgan fingerprint density at radius 2 is 2.10 bits per heavy atom. The van der Waals surface area contributed by atoms with Crippen LogP contribution in [-0.2, 0) is 10.4 Å². The molecule has 0 spiro atoms. The Kier molecular flexibility index (Phi) is 4.64. The molecule has 0 aliphatic carbocycles. The van der Waals surface area contributed by atoms with Crippen LogP contribution in [0.2, 0.25) is 0 Å². The van der Waals surface area contributed by atoms with Gasteiger partial charge >= 0.3 is 0 Å². The van der Waals surface area contributed by atoms with Crippen LogP contribution in [0.1, 0.15) is 39.2 Å². The first-order valence-electron chi connectivity index (χ1n) is 7.45. The van der Waals surface area contributed by atoms with E-state index in [0.717, 1.165) is 5.56 Å². The molecule has 5 nitrogen and oxygen atoms in total. The molecule has 0 saturated carbocycles. The van der Waals surface area contributed by atoms with E-state index in [1.165, 1.54) is 0 Å². The summed E-state index contributed by atoms with van der Waals surface area (Å²) >= 11 is 0. The molecule has 0 atom stereocenters. The number of hydrogen-bond donors (Lipinski definition) is 2. The van der Waals surface area contributed by atoms with Gasteiger partial charge in [0.2, 0.25) is 5.91 Å². The fourth-order valence-electron chi connectivity index (χ4n) is 2.67. The van der Waals surface area contributed by atoms with Crippen LogP contribution in [0.3, 0.4) is 0 Å². The summed E-state index contributed by atoms with van der Waals surface area (Å²) in [6, 6.07) is 3.76. The van der Waals surface area contributed by atoms with Crippen LogP contribution in [0, 0.1) is 0 Å². The number of aliphatic hydroxyl groups is 1. The fraction of sp³-hybridized carbons (Fsp3) is 0.625. The van der Waals surface area contributed by atoms with E-state index in [1.807, 2.05) is 32.9 Å². The van der Waals surface area contributed by atoms with Gasteiger partial charge in [0.15, 0.2) is 0 Å². The van der Waals surface area contributed by atoms with Gasteiger partial charge in [-0.1, -0.05) is 6.07 Å². The maximum absolute atomic E-state index is 11.9. The van der Waals surface area contributed by atoms with E-state index in [1.54, 1.807) is 12.4 Å². The van der Waals surface area contributed by atoms with Crippen LogP contribution in [0.4, 0.5) is 0 Å². The van der Waals surface area contributed by atoms with Gasteiger partial charge in [-0.15, -0.1) is 0 Å². The minimum Gasteiger partial charge on any atom is -0.385 e. The highest BCUT2D eigenvalue weighted by Gasteiger charge is 2.34. The molecule has 1 aromatic heterocycles. The van der Waals surface area contributed by atoms with E-state index in [4.69, 9.17) is 0 Å². The summed E-state index contributed by atoms with van der Waals surface area (Å²) in [5, 5.41) is 13.7. The first kappa shape index (κ1) is 15.9. The number of carbonyl (C=O) groups excluding carboxylic acids is 1. The van der Waals surface area contributed by atoms with Crippen molar-refractivity contribution in [2.45, 2.75) is 44.8 Å². The summed E-state index contributed by atoms with van der Waals surface area (Å²) in [4.78, 5) is 18.1. The lowest BCUT2D eigenvalue weighted by molar-refractivity contribution is -0.125. The Hall–Kier alpha value is -1.46. The standard InChI is InChI=1S/C16H25N3O2/c1-15(2,3)18-14(20)12-19-9-6-16(21,7-10-19)13-5-4-8-17-11-13/h4-5,8,11,21H,6-7,9-10,12H2,1-3H3,(H,18,20). The molecule has 1 aliphatic rings. The Balaban J connectivity index is 1.87. The number of likely N-dealkylation sites (tertiary alicyclic amines) is 1. The molecule has 1 aliphatic heterocycles. The fourth-order valence-corrected chi connectivity index (χ4v) is 2.67. The summed E-state index contributed by atoms with van der Waals surface area (Å²) in [5.74, 6) is 0.0364. The van der Waals surface area contributed by atoms with Crippen molar-refractivity contribution >= 4 is 5.91 Å². The lowest BCUT2D eigenvalue weighted by atomic mass is 9.85. The van der Waals surface area contributed by atoms with E-state index in [2.05, 4.69) is 15.2 Å². The first-order valence-corrected chi connectivity index (χ1v) is 7.45. The number of hydrogen-bond acceptors (Lipinski definition) is 4. The van der Waals surface area contributed by atoms with Crippen molar-refractivity contribution in [1.82, 2.24) is 15.2 Å². The number of rotatable bonds is 3. The summed E-state index contributed by atoms with van der Waals surface area (Å²) in [7, 11) is 0. The molecule has 2 rings (SSSR count). The quantitative estimate of drug-likeness (QED) is 0.880. The van der Waals surface area contributed by atoms with Gasteiger partial charge in [0.1, 0.15) is 0 Å². The zero-order valence-corrected chi connectivity index (χ0v) is 13.1. The van der Waals surface area contributed by atoms with E-state index >= 15 is 0 Å². The van der Waals surface area contributed by atoms with E-state index < -0.39 is 5.60 Å². The van der Waals surface area contributed by atoms with Crippen molar-refractivity contribution in [3.8, 4) is 0 Å². The van der Waals surface area contributed by atoms with Crippen molar-refractivity contribution in [1.29, 1.82) is 0 Å². The van der Waals surface area contributed by atoms with Gasteiger partial charge in [-0.2, -0.15) is 0 Å². The van der Waals surface area contributed by atoms with E-state index in [9.17, 15) is 9.90 Å². The highest BCUT2D eigenvalue weighted by atomic mass is 16.3. The second-order valence-electron chi connectivity index (χ2n) is 6.85. The highest BCUT2D eigenvalue weighted by Crippen LogP contribution is 2.31. The SMILES string of the molecule is CC(C)(C)NC(=O)CN1CCC(O)(c2cccnc2)CC1. The molecule has 21 heavy (non-hydrogen) atoms. The third kappa shape index (κ3) is 4.51. The van der Waals surface area contributed by atoms with Crippen LogP contribution < -0.4 is 5.32 Å². The molecular weight excluding hydrogens is 266 g/mol. The van der Waals surface area contributed by atoms with Gasteiger partial charge in [0.25, 0.3) is 0 Å². The number of nitrogens with one attached hydrogen (secondary N) is 1. The van der Waals surface area contributed by atoms with Gasteiger partial charge in [-0.3, -0.25) is 14.7 Å². The second-order valence-corrected chi connectivity index (χ2v) is 6.85. The lowest BCUT2D eigenvalue weighted by Gasteiger charge is -2.38. The number of aromatic nitrogens is 1. The molecule has 2 N–H and O–H groups in total. The molecule has 2 heterocycles. The molecule has 116 valence electrons. The zero-order chi connectivity index (χ0) is 15.5. The van der Waals surface area contributed by atoms with Crippen LogP contribution in [0.15, 0.2) is 24.5 Å². The van der Waals surface area contributed by atoms with Crippen LogP contribution in [0.5, 0.6) is 0 Å². The van der Waals surface area contributed by atoms with Gasteiger partial charge in [0.05, 0.1) is 12.1 Å². The van der Waals surface area contributed by atoms with Gasteiger partial charge in [0, 0.05) is 36.6 Å². The van der Waals surface area contributed by atoms with Crippen molar-refractivity contribution < 1.29 is 9.90 Å². The third-order valence-electron chi connectivity index (χ3n) is 3.76. The summed E-state index contributed by atoms with van der Waals surface area (Å²) in [6.45, 7) is 7.74. The van der Waals surface area contributed by atoms with Crippen molar-refractivity contribution in [2.75, 3.05) is 19.6 Å². The lowest BCUT2D eigenvalue weighted by Crippen LogP contribution is -2.49. The van der Waals surface area contributed by atoms with Gasteiger partial charge in [-0.25, -0.2) is 0 Å². The van der Waals surface area contributed by atoms with Crippen molar-refractivity contribution in [3.63, 3.8) is 0 Å². The van der Waals surface area contributed by atoms with E-state index in [0.29, 0.717) is 32.5 Å². The normalized spacial score (nSPS) is 19.2. The maximum atomic E-state index is 11.9. The summed E-state index contributed by atoms with van der Waals surface area (Å²) < 4.78 is 0. The largest absolute Gasteiger partial charge is 0.385 e. The minimum atomic E-state index is -0.814. The Bertz CT molecular complexity index is 474. The molecule has 1 aromatic rings. The topological polar surface area (TPSA) is 65.5 Å². The number of nitrogens with zero attached hydrogens (tertiary/aromatic N) is 2. The molecule has 0 bridgehead atoms. The van der Waals surface area contributed by atoms with Crippen LogP contribution in [0.25, 0.3) is 0 Å². The Morgan fingerprint density at radius 1 is 1.43 bits per heavy atom. The second kappa shape index (κ2) is 6.12. The summed E-state index contributed by atoms with van der Waals surface area (Å²) in [5.41, 5.74) is -0.155. The number of carbonyl (C=O) groups is 1. The number of pyridine rings is 1. The molecule has 0 aromatic carbocycles. The molecule has 5 heteroatoms. The Morgan fingerprint density at radius 3 is 2.62 bits per heavy atom. The molecule has 1 amide bonds. The molecule has 0 unspecified atom stereocenters. The average molecular weight is 291 g/mol. The molecular formula is C16H25N3O2. The van der Waals surface area contributed by atoms with Crippen molar-refractivity contribution in [3.05, 3.63) is 30.1 Å². The van der Waals surface area contributed by atoms with Gasteiger partial charge < -0.3 is 10.4 Å². The summed E-state index contributed by atoms with van der Waals surface area (Å²) in [6.07, 6.45) is 4.68. The predicted octanol–water partition coefficient (Wildman–Crippen LogP) is 1.28. The molecule has 1 saturated heterocycles. The average Bonchev–Trinajstić information content (AvgIpc) is 2.40. The van der Waals surface area contributed by atoms with E-state index in [-0.39, 0.29) is 11.4 Å². The first-order chi connectivity index (χ1) is 9.78. The zero-order valence-electron chi connectivity index (χ0n) is 13.1. The third-order valence-corrected chi connectivity index (χ3v) is 3.76. The minimum absolute atomic E-state index is 0.0364. The maximum Gasteiger partial charge on any atom is 0.234 e. The highest BCUT2D eigenvalue weighted by molar-refractivity contribution is 5.78. The Labute approximate surface area is 126 Å². The number of amides is 1. The smallest absolute Gasteiger partial charge is 0.234 e. The van der Waals surface area contributed by atoms with Gasteiger partial charge in [-0.05, 0) is 39.7 Å². The predicted molar refractivity (Wildman–Crippen MR) is 81.7 cm³/mol.